The molecule has 0 N–H and O–H groups in total. The molecule has 1 aliphatic heterocycles. The fourth-order valence-electron chi connectivity index (χ4n) is 3.52. The second kappa shape index (κ2) is 9.57. The van der Waals surface area contributed by atoms with Crippen molar-refractivity contribution in [2.75, 3.05) is 34.2 Å². The van der Waals surface area contributed by atoms with Crippen molar-refractivity contribution in [2.45, 2.75) is 19.8 Å². The van der Waals surface area contributed by atoms with Gasteiger partial charge in [-0.2, -0.15) is 0 Å². The van der Waals surface area contributed by atoms with E-state index in [-0.39, 0.29) is 20.0 Å². The number of ether oxygens (including phenoxy) is 4. The highest BCUT2D eigenvalue weighted by Gasteiger charge is 2.43. The molecule has 0 aromatic heterocycles. The number of Topliss-reactive ketones (excluding diaryl/α,β-unsaturated/α-hetero) is 4. The van der Waals surface area contributed by atoms with Crippen LogP contribution in [0, 0.1) is 11.8 Å². The summed E-state index contributed by atoms with van der Waals surface area (Å²) in [5.41, 5.74) is 0.457. The van der Waals surface area contributed by atoms with Crippen LogP contribution >= 0.6 is 0 Å². The van der Waals surface area contributed by atoms with E-state index in [1.807, 2.05) is 0 Å². The fourth-order valence-corrected chi connectivity index (χ4v) is 3.52. The molecule has 1 aromatic rings. The van der Waals surface area contributed by atoms with Crippen LogP contribution in [0.3, 0.4) is 0 Å². The highest BCUT2D eigenvalue weighted by Crippen LogP contribution is 2.40. The Balaban J connectivity index is 2.61. The third kappa shape index (κ3) is 4.63. The molecule has 0 saturated carbocycles. The Labute approximate surface area is 163 Å². The second-order valence-corrected chi connectivity index (χ2v) is 6.61. The number of ketones is 4. The molecule has 0 radical (unpaired) electrons. The van der Waals surface area contributed by atoms with Crippen LogP contribution in [0.4, 0.5) is 0 Å². The molecule has 1 aromatic carbocycles. The summed E-state index contributed by atoms with van der Waals surface area (Å²) in [6, 6.07) is 4.85. The number of fused-ring (bicyclic) bond motifs is 1. The first-order valence-corrected chi connectivity index (χ1v) is 8.75. The van der Waals surface area contributed by atoms with E-state index in [9.17, 15) is 19.2 Å². The van der Waals surface area contributed by atoms with Gasteiger partial charge < -0.3 is 18.9 Å². The zero-order valence-electron chi connectivity index (χ0n) is 16.4. The summed E-state index contributed by atoms with van der Waals surface area (Å²) >= 11 is 0. The molecule has 3 atom stereocenters. The van der Waals surface area contributed by atoms with Crippen molar-refractivity contribution in [2.24, 2.45) is 11.8 Å². The van der Waals surface area contributed by atoms with Crippen LogP contribution in [0.5, 0.6) is 11.5 Å². The van der Waals surface area contributed by atoms with E-state index in [0.29, 0.717) is 17.1 Å². The van der Waals surface area contributed by atoms with Gasteiger partial charge in [0.2, 0.25) is 6.79 Å². The minimum Gasteiger partial charge on any atom is -0.454 e. The van der Waals surface area contributed by atoms with Gasteiger partial charge in [0, 0.05) is 20.1 Å². The normalized spacial score (nSPS) is 15.6. The predicted octanol–water partition coefficient (Wildman–Crippen LogP) is 1.34. The van der Waals surface area contributed by atoms with Crippen LogP contribution in [0.25, 0.3) is 0 Å². The number of benzene rings is 1. The molecule has 0 fully saturated rings. The topological polar surface area (TPSA) is 105 Å². The minimum absolute atomic E-state index is 0.0426. The molecule has 1 aliphatic rings. The van der Waals surface area contributed by atoms with Gasteiger partial charge in [-0.15, -0.1) is 0 Å². The quantitative estimate of drug-likeness (QED) is 0.520. The molecule has 2 rings (SSSR count). The lowest BCUT2D eigenvalue weighted by Crippen LogP contribution is -2.41. The summed E-state index contributed by atoms with van der Waals surface area (Å²) in [7, 11) is 2.67. The first-order valence-electron chi connectivity index (χ1n) is 8.75. The van der Waals surface area contributed by atoms with E-state index in [0.717, 1.165) is 0 Å². The van der Waals surface area contributed by atoms with Gasteiger partial charge in [-0.05, 0) is 31.5 Å². The highest BCUT2D eigenvalue weighted by atomic mass is 16.7. The number of carbonyl (C=O) groups excluding carboxylic acids is 4. The second-order valence-electron chi connectivity index (χ2n) is 6.61. The SMILES string of the molecule is COCC(=O)[C@@H](C(C)=O)C(c1ccc2c(c1)OCO2)[C@@H](C(C)=O)C(=O)COC. The molecule has 0 bridgehead atoms. The van der Waals surface area contributed by atoms with E-state index >= 15 is 0 Å². The molecule has 0 spiro atoms. The Morgan fingerprint density at radius 1 is 0.893 bits per heavy atom. The first-order chi connectivity index (χ1) is 13.3. The molecular formula is C20H24O8. The Bertz CT molecular complexity index is 733. The molecule has 8 nitrogen and oxygen atoms in total. The number of carbonyl (C=O) groups is 4. The zero-order valence-corrected chi connectivity index (χ0v) is 16.4. The molecule has 0 amide bonds. The van der Waals surface area contributed by atoms with Crippen molar-refractivity contribution in [3.05, 3.63) is 23.8 Å². The third-order valence-electron chi connectivity index (χ3n) is 4.64. The summed E-state index contributed by atoms with van der Waals surface area (Å²) in [5, 5.41) is 0. The summed E-state index contributed by atoms with van der Waals surface area (Å²) in [6.07, 6.45) is 0. The molecule has 1 unspecified atom stereocenters. The monoisotopic (exact) mass is 392 g/mol. The maximum atomic E-state index is 12.7. The van der Waals surface area contributed by atoms with Gasteiger partial charge in [-0.25, -0.2) is 0 Å². The summed E-state index contributed by atoms with van der Waals surface area (Å²) in [4.78, 5) is 50.2. The van der Waals surface area contributed by atoms with Crippen molar-refractivity contribution >= 4 is 23.1 Å². The molecular weight excluding hydrogens is 368 g/mol. The van der Waals surface area contributed by atoms with Crippen LogP contribution in [-0.4, -0.2) is 57.4 Å². The summed E-state index contributed by atoms with van der Waals surface area (Å²) in [6.45, 7) is 1.94. The summed E-state index contributed by atoms with van der Waals surface area (Å²) in [5.74, 6) is -4.45. The molecule has 152 valence electrons. The Morgan fingerprint density at radius 2 is 1.39 bits per heavy atom. The van der Waals surface area contributed by atoms with Gasteiger partial charge >= 0.3 is 0 Å². The Hall–Kier alpha value is -2.58. The zero-order chi connectivity index (χ0) is 20.8. The molecule has 8 heteroatoms. The van der Waals surface area contributed by atoms with E-state index in [1.165, 1.54) is 28.1 Å². The minimum atomic E-state index is -1.23. The van der Waals surface area contributed by atoms with E-state index < -0.39 is 40.9 Å². The van der Waals surface area contributed by atoms with Gasteiger partial charge in [-0.3, -0.25) is 19.2 Å². The number of rotatable bonds is 11. The predicted molar refractivity (Wildman–Crippen MR) is 97.4 cm³/mol. The van der Waals surface area contributed by atoms with Gasteiger partial charge in [0.25, 0.3) is 0 Å². The smallest absolute Gasteiger partial charge is 0.231 e. The maximum Gasteiger partial charge on any atom is 0.231 e. The van der Waals surface area contributed by atoms with Crippen LogP contribution in [0.15, 0.2) is 18.2 Å². The molecule has 28 heavy (non-hydrogen) atoms. The fraction of sp³-hybridized carbons (Fsp3) is 0.500. The lowest BCUT2D eigenvalue weighted by Gasteiger charge is -2.30. The van der Waals surface area contributed by atoms with Crippen molar-refractivity contribution in [1.82, 2.24) is 0 Å². The standard InChI is InChI=1S/C20H24O8/c1-11(21)18(14(23)8-25-3)20(19(12(2)22)15(24)9-26-4)13-5-6-16-17(7-13)28-10-27-16/h5-7,18-20H,8-10H2,1-4H3/t18-,19+,20?. The van der Waals surface area contributed by atoms with Crippen LogP contribution in [-0.2, 0) is 28.7 Å². The number of hydrogen-bond acceptors (Lipinski definition) is 8. The average Bonchev–Trinajstić information content (AvgIpc) is 3.08. The molecule has 0 saturated heterocycles. The van der Waals surface area contributed by atoms with E-state index in [4.69, 9.17) is 18.9 Å². The molecule has 0 aliphatic carbocycles. The van der Waals surface area contributed by atoms with Gasteiger partial charge in [0.1, 0.15) is 24.8 Å². The molecule has 1 heterocycles. The van der Waals surface area contributed by atoms with Gasteiger partial charge in [-0.1, -0.05) is 6.07 Å². The number of methoxy groups -OCH3 is 2. The lowest BCUT2D eigenvalue weighted by atomic mass is 9.70. The maximum absolute atomic E-state index is 12.7. The number of hydrogen-bond donors (Lipinski definition) is 0. The van der Waals surface area contributed by atoms with Gasteiger partial charge in [0.15, 0.2) is 23.1 Å². The Kier molecular flexibility index (Phi) is 7.42. The van der Waals surface area contributed by atoms with Crippen LogP contribution in [0.1, 0.15) is 25.3 Å². The van der Waals surface area contributed by atoms with E-state index in [1.54, 1.807) is 18.2 Å². The van der Waals surface area contributed by atoms with Crippen molar-refractivity contribution in [3.63, 3.8) is 0 Å². The van der Waals surface area contributed by atoms with Crippen molar-refractivity contribution in [1.29, 1.82) is 0 Å². The van der Waals surface area contributed by atoms with Crippen LogP contribution < -0.4 is 9.47 Å². The Morgan fingerprint density at radius 3 is 1.86 bits per heavy atom. The average molecular weight is 392 g/mol. The van der Waals surface area contributed by atoms with Gasteiger partial charge in [0.05, 0.1) is 11.8 Å². The third-order valence-corrected chi connectivity index (χ3v) is 4.64. The highest BCUT2D eigenvalue weighted by molar-refractivity contribution is 6.08. The van der Waals surface area contributed by atoms with Crippen LogP contribution in [0.2, 0.25) is 0 Å². The summed E-state index contributed by atoms with van der Waals surface area (Å²) < 4.78 is 20.5. The largest absolute Gasteiger partial charge is 0.454 e. The van der Waals surface area contributed by atoms with Crippen molar-refractivity contribution in [3.8, 4) is 11.5 Å². The van der Waals surface area contributed by atoms with Crippen molar-refractivity contribution < 1.29 is 38.1 Å². The first kappa shape index (κ1) is 21.7. The van der Waals surface area contributed by atoms with E-state index in [2.05, 4.69) is 0 Å². The lowest BCUT2D eigenvalue weighted by molar-refractivity contribution is -0.139.